The molecule has 0 aliphatic rings. The van der Waals surface area contributed by atoms with Crippen LogP contribution in [0.4, 0.5) is 13.2 Å². The molecule has 1 rings (SSSR count). The first-order chi connectivity index (χ1) is 5.43. The molecule has 0 N–H and O–H groups in total. The Balaban J connectivity index is 3.26. The Hall–Kier alpha value is 0.400. The lowest BCUT2D eigenvalue weighted by atomic mass is 10.3. The summed E-state index contributed by atoms with van der Waals surface area (Å²) in [5, 5.41) is 0. The van der Waals surface area contributed by atoms with Crippen LogP contribution in [0.5, 0.6) is 0 Å². The molecule has 0 fully saturated rings. The van der Waals surface area contributed by atoms with E-state index in [1.807, 2.05) is 22.6 Å². The van der Waals surface area contributed by atoms with Gasteiger partial charge < -0.3 is 0 Å². The number of rotatable bonds is 0. The van der Waals surface area contributed by atoms with Crippen molar-refractivity contribution >= 4 is 45.2 Å². The van der Waals surface area contributed by atoms with Crippen LogP contribution in [0.3, 0.4) is 0 Å². The van der Waals surface area contributed by atoms with Gasteiger partial charge in [-0.25, -0.2) is 0 Å². The van der Waals surface area contributed by atoms with Crippen LogP contribution in [0.25, 0.3) is 0 Å². The summed E-state index contributed by atoms with van der Waals surface area (Å²) >= 11 is 3.48. The first-order valence-corrected chi connectivity index (χ1v) is 4.95. The predicted molar refractivity (Wildman–Crippen MR) is 54.7 cm³/mol. The minimum Gasteiger partial charge on any atom is -0.263 e. The highest BCUT2D eigenvalue weighted by Gasteiger charge is 2.33. The second-order valence-electron chi connectivity index (χ2n) is 1.98. The van der Waals surface area contributed by atoms with E-state index in [1.54, 1.807) is 22.6 Å². The molecule has 0 atom stereocenters. The minimum absolute atomic E-state index is 0.204. The summed E-state index contributed by atoms with van der Waals surface area (Å²) in [7, 11) is 0. The molecule has 0 saturated heterocycles. The monoisotopic (exact) mass is 399 g/mol. The van der Waals surface area contributed by atoms with Crippen molar-refractivity contribution in [2.45, 2.75) is 6.18 Å². The molecule has 0 bridgehead atoms. The van der Waals surface area contributed by atoms with Gasteiger partial charge in [-0.3, -0.25) is 4.98 Å². The van der Waals surface area contributed by atoms with Crippen molar-refractivity contribution in [3.05, 3.63) is 25.1 Å². The third kappa shape index (κ3) is 2.21. The molecule has 1 aromatic rings. The van der Waals surface area contributed by atoms with Gasteiger partial charge in [-0.1, -0.05) is 0 Å². The van der Waals surface area contributed by atoms with Gasteiger partial charge in [0.2, 0.25) is 0 Å². The lowest BCUT2D eigenvalue weighted by Gasteiger charge is -2.08. The number of hydrogen-bond acceptors (Lipinski definition) is 1. The largest absolute Gasteiger partial charge is 0.418 e. The second-order valence-corrected chi connectivity index (χ2v) is 4.22. The maximum atomic E-state index is 12.2. The molecule has 0 amide bonds. The maximum absolute atomic E-state index is 12.2. The van der Waals surface area contributed by atoms with Gasteiger partial charge >= 0.3 is 6.18 Å². The molecule has 12 heavy (non-hydrogen) atoms. The first kappa shape index (κ1) is 10.5. The summed E-state index contributed by atoms with van der Waals surface area (Å²) in [5.74, 6) is 0. The molecule has 1 heterocycles. The highest BCUT2D eigenvalue weighted by Crippen LogP contribution is 2.33. The molecule has 0 aromatic carbocycles. The van der Waals surface area contributed by atoms with Crippen molar-refractivity contribution in [2.75, 3.05) is 0 Å². The summed E-state index contributed by atoms with van der Waals surface area (Å²) in [6.45, 7) is 0. The molecule has 6 heteroatoms. The number of nitrogens with zero attached hydrogens (tertiary/aromatic N) is 1. The highest BCUT2D eigenvalue weighted by atomic mass is 127. The van der Waals surface area contributed by atoms with E-state index in [0.717, 1.165) is 6.20 Å². The number of alkyl halides is 3. The van der Waals surface area contributed by atoms with E-state index in [2.05, 4.69) is 4.98 Å². The van der Waals surface area contributed by atoms with Gasteiger partial charge in [0.05, 0.1) is 5.56 Å². The molecule has 0 saturated carbocycles. The summed E-state index contributed by atoms with van der Waals surface area (Å²) in [5.41, 5.74) is -0.671. The number of aromatic nitrogens is 1. The maximum Gasteiger partial charge on any atom is 0.418 e. The van der Waals surface area contributed by atoms with Gasteiger partial charge in [-0.2, -0.15) is 13.2 Å². The predicted octanol–water partition coefficient (Wildman–Crippen LogP) is 3.31. The fourth-order valence-electron chi connectivity index (χ4n) is 0.617. The Bertz CT molecular complexity index is 297. The Kier molecular flexibility index (Phi) is 3.18. The molecule has 0 unspecified atom stereocenters. The second kappa shape index (κ2) is 3.64. The van der Waals surface area contributed by atoms with E-state index in [0.29, 0.717) is 3.57 Å². The summed E-state index contributed by atoms with van der Waals surface area (Å²) in [6, 6.07) is 0. The molecular formula is C6H2F3I2N. The fourth-order valence-corrected chi connectivity index (χ4v) is 1.65. The van der Waals surface area contributed by atoms with E-state index in [4.69, 9.17) is 0 Å². The Morgan fingerprint density at radius 3 is 2.17 bits per heavy atom. The standard InChI is InChI=1S/C6H2F3I2N/c7-6(8,9)3-1-12-2-4(10)5(3)11/h1-2H. The molecule has 1 nitrogen and oxygen atoms in total. The third-order valence-electron chi connectivity index (χ3n) is 1.14. The number of halogens is 5. The van der Waals surface area contributed by atoms with Crippen LogP contribution < -0.4 is 0 Å². The molecule has 0 spiro atoms. The van der Waals surface area contributed by atoms with Gasteiger partial charge in [-0.15, -0.1) is 0 Å². The summed E-state index contributed by atoms with van der Waals surface area (Å²) in [4.78, 5) is 3.48. The van der Waals surface area contributed by atoms with Crippen LogP contribution in [0.2, 0.25) is 0 Å². The van der Waals surface area contributed by atoms with Crippen LogP contribution in [-0.2, 0) is 6.18 Å². The van der Waals surface area contributed by atoms with Crippen LogP contribution in [0, 0.1) is 7.14 Å². The van der Waals surface area contributed by atoms with Crippen molar-refractivity contribution in [2.24, 2.45) is 0 Å². The molecular weight excluding hydrogens is 397 g/mol. The first-order valence-electron chi connectivity index (χ1n) is 2.79. The van der Waals surface area contributed by atoms with Crippen LogP contribution in [0.15, 0.2) is 12.4 Å². The van der Waals surface area contributed by atoms with Crippen LogP contribution in [-0.4, -0.2) is 4.98 Å². The van der Waals surface area contributed by atoms with E-state index >= 15 is 0 Å². The zero-order valence-corrected chi connectivity index (χ0v) is 9.81. The van der Waals surface area contributed by atoms with E-state index in [-0.39, 0.29) is 3.57 Å². The van der Waals surface area contributed by atoms with Gasteiger partial charge in [0.25, 0.3) is 0 Å². The van der Waals surface area contributed by atoms with Crippen LogP contribution >= 0.6 is 45.2 Å². The molecule has 0 aliphatic carbocycles. The lowest BCUT2D eigenvalue weighted by Crippen LogP contribution is -2.09. The smallest absolute Gasteiger partial charge is 0.263 e. The number of hydrogen-bond donors (Lipinski definition) is 0. The normalized spacial score (nSPS) is 11.8. The van der Waals surface area contributed by atoms with E-state index in [1.165, 1.54) is 6.20 Å². The van der Waals surface area contributed by atoms with Gasteiger partial charge in [0, 0.05) is 19.5 Å². The summed E-state index contributed by atoms with van der Waals surface area (Å²) in [6.07, 6.45) is -2.06. The van der Waals surface area contributed by atoms with Crippen molar-refractivity contribution in [1.29, 1.82) is 0 Å². The van der Waals surface area contributed by atoms with Gasteiger partial charge in [0.1, 0.15) is 0 Å². The average molecular weight is 399 g/mol. The van der Waals surface area contributed by atoms with Crippen molar-refractivity contribution in [3.63, 3.8) is 0 Å². The summed E-state index contributed by atoms with van der Waals surface area (Å²) < 4.78 is 37.3. The van der Waals surface area contributed by atoms with Gasteiger partial charge in [0.15, 0.2) is 0 Å². The Morgan fingerprint density at radius 2 is 1.75 bits per heavy atom. The SMILES string of the molecule is FC(F)(F)c1cncc(I)c1I. The van der Waals surface area contributed by atoms with Crippen molar-refractivity contribution < 1.29 is 13.2 Å². The zero-order chi connectivity index (χ0) is 9.35. The van der Waals surface area contributed by atoms with Crippen molar-refractivity contribution in [3.8, 4) is 0 Å². The van der Waals surface area contributed by atoms with E-state index < -0.39 is 11.7 Å². The van der Waals surface area contributed by atoms with Crippen molar-refractivity contribution in [1.82, 2.24) is 4.98 Å². The molecule has 66 valence electrons. The molecule has 1 aromatic heterocycles. The van der Waals surface area contributed by atoms with Crippen LogP contribution in [0.1, 0.15) is 5.56 Å². The van der Waals surface area contributed by atoms with E-state index in [9.17, 15) is 13.2 Å². The quantitative estimate of drug-likeness (QED) is 0.611. The lowest BCUT2D eigenvalue weighted by molar-refractivity contribution is -0.138. The Morgan fingerprint density at radius 1 is 1.17 bits per heavy atom. The molecule has 0 aliphatic heterocycles. The topological polar surface area (TPSA) is 12.9 Å². The third-order valence-corrected chi connectivity index (χ3v) is 4.16. The average Bonchev–Trinajstić information content (AvgIpc) is 1.92. The highest BCUT2D eigenvalue weighted by molar-refractivity contribution is 14.1. The molecule has 0 radical (unpaired) electrons. The fraction of sp³-hybridized carbons (Fsp3) is 0.167. The van der Waals surface area contributed by atoms with Gasteiger partial charge in [-0.05, 0) is 45.2 Å². The minimum atomic E-state index is -4.30. The number of pyridine rings is 1. The zero-order valence-electron chi connectivity index (χ0n) is 5.49. The Labute approximate surface area is 94.0 Å².